The van der Waals surface area contributed by atoms with E-state index in [4.69, 9.17) is 10.3 Å². The number of rotatable bonds is 7. The quantitative estimate of drug-likeness (QED) is 0.377. The lowest BCUT2D eigenvalue weighted by Gasteiger charge is -2.19. The van der Waals surface area contributed by atoms with Crippen molar-refractivity contribution in [2.24, 2.45) is 5.84 Å². The fourth-order valence-electron chi connectivity index (χ4n) is 1.74. The van der Waals surface area contributed by atoms with Crippen LogP contribution in [0.2, 0.25) is 0 Å². The molecule has 112 valence electrons. The zero-order valence-electron chi connectivity index (χ0n) is 12.1. The third-order valence-electron chi connectivity index (χ3n) is 2.69. The highest BCUT2D eigenvalue weighted by atomic mass is 16.3. The molecule has 7 nitrogen and oxygen atoms in total. The van der Waals surface area contributed by atoms with E-state index in [1.165, 1.54) is 6.26 Å². The van der Waals surface area contributed by atoms with Gasteiger partial charge in [0.25, 0.3) is 5.91 Å². The maximum Gasteiger partial charge on any atom is 0.268 e. The second-order valence-electron chi connectivity index (χ2n) is 4.80. The zero-order valence-corrected chi connectivity index (χ0v) is 12.1. The van der Waals surface area contributed by atoms with Gasteiger partial charge in [-0.15, -0.1) is 0 Å². The van der Waals surface area contributed by atoms with Crippen LogP contribution in [-0.2, 0) is 11.3 Å². The molecule has 2 amide bonds. The molecule has 0 radical (unpaired) electrons. The number of hydrogen-bond acceptors (Lipinski definition) is 5. The lowest BCUT2D eigenvalue weighted by Crippen LogP contribution is -2.39. The monoisotopic (exact) mass is 282 g/mol. The van der Waals surface area contributed by atoms with Gasteiger partial charge in [0.15, 0.2) is 0 Å². The fourth-order valence-corrected chi connectivity index (χ4v) is 1.74. The molecule has 0 unspecified atom stereocenters. The van der Waals surface area contributed by atoms with Crippen molar-refractivity contribution in [3.8, 4) is 0 Å². The summed E-state index contributed by atoms with van der Waals surface area (Å²) >= 11 is 0. The van der Waals surface area contributed by atoms with E-state index in [0.29, 0.717) is 24.4 Å². The van der Waals surface area contributed by atoms with E-state index in [-0.39, 0.29) is 18.5 Å². The summed E-state index contributed by atoms with van der Waals surface area (Å²) in [5.74, 6) is 5.23. The number of hydrazine groups is 1. The van der Waals surface area contributed by atoms with Crippen molar-refractivity contribution in [3.05, 3.63) is 23.7 Å². The number of furan rings is 1. The van der Waals surface area contributed by atoms with E-state index < -0.39 is 5.91 Å². The molecule has 1 aromatic rings. The average Bonchev–Trinajstić information content (AvgIpc) is 2.84. The molecule has 1 aromatic heterocycles. The Morgan fingerprint density at radius 1 is 1.45 bits per heavy atom. The second kappa shape index (κ2) is 7.66. The Bertz CT molecular complexity index is 456. The third-order valence-corrected chi connectivity index (χ3v) is 2.69. The van der Waals surface area contributed by atoms with E-state index in [1.807, 2.05) is 31.1 Å². The van der Waals surface area contributed by atoms with E-state index in [1.54, 1.807) is 6.07 Å². The lowest BCUT2D eigenvalue weighted by atomic mass is 10.3. The second-order valence-corrected chi connectivity index (χ2v) is 4.80. The van der Waals surface area contributed by atoms with Crippen molar-refractivity contribution >= 4 is 11.8 Å². The van der Waals surface area contributed by atoms with Gasteiger partial charge < -0.3 is 9.73 Å². The summed E-state index contributed by atoms with van der Waals surface area (Å²) in [6, 6.07) is 1.73. The summed E-state index contributed by atoms with van der Waals surface area (Å²) in [4.78, 5) is 24.9. The minimum atomic E-state index is -0.402. The first kappa shape index (κ1) is 16.2. The number of nitrogen functional groups attached to an aromatic ring is 1. The predicted molar refractivity (Wildman–Crippen MR) is 74.6 cm³/mol. The molecule has 20 heavy (non-hydrogen) atoms. The van der Waals surface area contributed by atoms with Gasteiger partial charge in [0.05, 0.1) is 18.7 Å². The normalized spacial score (nSPS) is 10.9. The van der Waals surface area contributed by atoms with Crippen molar-refractivity contribution in [1.29, 1.82) is 0 Å². The van der Waals surface area contributed by atoms with Gasteiger partial charge in [0.1, 0.15) is 12.0 Å². The minimum absolute atomic E-state index is 0.0340. The Labute approximate surface area is 118 Å². The number of carbonyl (C=O) groups is 2. The molecule has 7 heteroatoms. The van der Waals surface area contributed by atoms with Crippen LogP contribution in [0.4, 0.5) is 0 Å². The minimum Gasteiger partial charge on any atom is -0.467 e. The molecule has 1 heterocycles. The maximum atomic E-state index is 11.7. The molecule has 0 aliphatic carbocycles. The van der Waals surface area contributed by atoms with Crippen LogP contribution in [0.3, 0.4) is 0 Å². The van der Waals surface area contributed by atoms with Gasteiger partial charge in [-0.05, 0) is 26.5 Å². The maximum absolute atomic E-state index is 11.7. The van der Waals surface area contributed by atoms with Crippen LogP contribution >= 0.6 is 0 Å². The van der Waals surface area contributed by atoms with Crippen LogP contribution in [0, 0.1) is 0 Å². The smallest absolute Gasteiger partial charge is 0.268 e. The summed E-state index contributed by atoms with van der Waals surface area (Å²) in [6.45, 7) is 7.23. The van der Waals surface area contributed by atoms with Crippen LogP contribution in [0.1, 0.15) is 36.9 Å². The van der Waals surface area contributed by atoms with Gasteiger partial charge in [0, 0.05) is 6.04 Å². The highest BCUT2D eigenvalue weighted by Gasteiger charge is 2.14. The first-order valence-corrected chi connectivity index (χ1v) is 6.56. The number of carbonyl (C=O) groups excluding carboxylic acids is 2. The Morgan fingerprint density at radius 2 is 2.15 bits per heavy atom. The lowest BCUT2D eigenvalue weighted by molar-refractivity contribution is -0.122. The van der Waals surface area contributed by atoms with Crippen LogP contribution in [0.15, 0.2) is 16.7 Å². The summed E-state index contributed by atoms with van der Waals surface area (Å²) in [5.41, 5.74) is 2.40. The molecule has 0 spiro atoms. The average molecular weight is 282 g/mol. The Kier molecular flexibility index (Phi) is 6.20. The molecule has 0 saturated heterocycles. The molecule has 0 aliphatic rings. The topological polar surface area (TPSA) is 101 Å². The fraction of sp³-hybridized carbons (Fsp3) is 0.538. The van der Waals surface area contributed by atoms with Crippen LogP contribution < -0.4 is 16.6 Å². The molecule has 0 fully saturated rings. The summed E-state index contributed by atoms with van der Waals surface area (Å²) < 4.78 is 5.29. The van der Waals surface area contributed by atoms with Crippen molar-refractivity contribution < 1.29 is 14.0 Å². The van der Waals surface area contributed by atoms with Gasteiger partial charge in [-0.1, -0.05) is 6.92 Å². The van der Waals surface area contributed by atoms with Crippen LogP contribution in [-0.4, -0.2) is 35.8 Å². The molecule has 4 N–H and O–H groups in total. The molecular weight excluding hydrogens is 260 g/mol. The number of likely N-dealkylation sites (N-methyl/N-ethyl adjacent to an activating group) is 1. The van der Waals surface area contributed by atoms with Gasteiger partial charge in [-0.25, -0.2) is 5.84 Å². The molecule has 0 saturated carbocycles. The van der Waals surface area contributed by atoms with Crippen LogP contribution in [0.25, 0.3) is 0 Å². The Morgan fingerprint density at radius 3 is 2.70 bits per heavy atom. The standard InChI is InChI=1S/C13H22N4O3/c1-4-17(7-12(18)15-9(2)3)6-11-5-10(8-20-11)13(19)16-14/h5,8-9H,4,6-7,14H2,1-3H3,(H,15,18)(H,16,19). The van der Waals surface area contributed by atoms with Gasteiger partial charge in [-0.2, -0.15) is 0 Å². The Hall–Kier alpha value is -1.86. The number of nitrogens with zero attached hydrogens (tertiary/aromatic N) is 1. The largest absolute Gasteiger partial charge is 0.467 e. The van der Waals surface area contributed by atoms with E-state index in [0.717, 1.165) is 0 Å². The Balaban J connectivity index is 2.57. The SMILES string of the molecule is CCN(CC(=O)NC(C)C)Cc1cc(C(=O)NN)co1. The zero-order chi connectivity index (χ0) is 15.1. The van der Waals surface area contributed by atoms with Crippen LogP contribution in [0.5, 0.6) is 0 Å². The van der Waals surface area contributed by atoms with Crippen molar-refractivity contribution in [3.63, 3.8) is 0 Å². The van der Waals surface area contributed by atoms with Gasteiger partial charge >= 0.3 is 0 Å². The van der Waals surface area contributed by atoms with Gasteiger partial charge in [0.2, 0.25) is 5.91 Å². The van der Waals surface area contributed by atoms with E-state index in [2.05, 4.69) is 5.32 Å². The third kappa shape index (κ3) is 5.02. The van der Waals surface area contributed by atoms with Crippen molar-refractivity contribution in [1.82, 2.24) is 15.6 Å². The van der Waals surface area contributed by atoms with Crippen molar-refractivity contribution in [2.45, 2.75) is 33.4 Å². The van der Waals surface area contributed by atoms with E-state index in [9.17, 15) is 9.59 Å². The molecule has 0 bridgehead atoms. The summed E-state index contributed by atoms with van der Waals surface area (Å²) in [6.07, 6.45) is 1.35. The molecular formula is C13H22N4O3. The number of hydrogen-bond donors (Lipinski definition) is 3. The predicted octanol–water partition coefficient (Wildman–Crippen LogP) is 0.230. The number of amides is 2. The number of nitrogens with one attached hydrogen (secondary N) is 2. The van der Waals surface area contributed by atoms with E-state index >= 15 is 0 Å². The molecule has 1 rings (SSSR count). The van der Waals surface area contributed by atoms with Crippen molar-refractivity contribution in [2.75, 3.05) is 13.1 Å². The van der Waals surface area contributed by atoms with Gasteiger partial charge in [-0.3, -0.25) is 19.9 Å². The summed E-state index contributed by atoms with van der Waals surface area (Å²) in [5, 5.41) is 2.83. The molecule has 0 atom stereocenters. The molecule has 0 aromatic carbocycles. The highest BCUT2D eigenvalue weighted by molar-refractivity contribution is 5.93. The first-order chi connectivity index (χ1) is 9.46. The number of nitrogens with two attached hydrogens (primary N) is 1. The summed E-state index contributed by atoms with van der Waals surface area (Å²) in [7, 11) is 0. The molecule has 0 aliphatic heterocycles. The first-order valence-electron chi connectivity index (χ1n) is 6.56. The highest BCUT2D eigenvalue weighted by Crippen LogP contribution is 2.10.